The van der Waals surface area contributed by atoms with E-state index in [0.717, 1.165) is 16.2 Å². The highest BCUT2D eigenvalue weighted by Gasteiger charge is 2.23. The molecule has 0 saturated carbocycles. The molecule has 27 heavy (non-hydrogen) atoms. The molecule has 0 unspecified atom stereocenters. The van der Waals surface area contributed by atoms with Crippen molar-refractivity contribution in [3.8, 4) is 5.75 Å². The number of carbonyl (C=O) groups excluding carboxylic acids is 1. The van der Waals surface area contributed by atoms with Crippen molar-refractivity contribution in [1.29, 1.82) is 0 Å². The van der Waals surface area contributed by atoms with Crippen molar-refractivity contribution in [2.75, 3.05) is 6.61 Å². The summed E-state index contributed by atoms with van der Waals surface area (Å²) in [6.07, 6.45) is 0.976. The van der Waals surface area contributed by atoms with Crippen LogP contribution >= 0.6 is 35.0 Å². The van der Waals surface area contributed by atoms with Crippen molar-refractivity contribution in [3.05, 3.63) is 69.0 Å². The standard InChI is InChI=1S/C20H20Cl2N2O2S/c1-13-19(14-6-3-2-4-7-14)24-20(27-13)23-18(25)8-5-11-26-17-10-9-15(21)12-16(17)22/h2-4,6-7,9-10,12,20,24H,5,8,11H2,1H3,(H,23,25)/t20-/m0/s1. The Labute approximate surface area is 173 Å². The highest BCUT2D eigenvalue weighted by molar-refractivity contribution is 8.04. The molecule has 0 spiro atoms. The van der Waals surface area contributed by atoms with Gasteiger partial charge in [-0.25, -0.2) is 0 Å². The van der Waals surface area contributed by atoms with Crippen LogP contribution in [0.1, 0.15) is 25.3 Å². The highest BCUT2D eigenvalue weighted by Crippen LogP contribution is 2.33. The van der Waals surface area contributed by atoms with Crippen LogP contribution < -0.4 is 15.4 Å². The maximum absolute atomic E-state index is 12.2. The van der Waals surface area contributed by atoms with Gasteiger partial charge in [0.25, 0.3) is 0 Å². The minimum Gasteiger partial charge on any atom is -0.492 e. The van der Waals surface area contributed by atoms with Gasteiger partial charge >= 0.3 is 0 Å². The second kappa shape index (κ2) is 9.40. The van der Waals surface area contributed by atoms with Crippen molar-refractivity contribution in [3.63, 3.8) is 0 Å². The topological polar surface area (TPSA) is 50.4 Å². The summed E-state index contributed by atoms with van der Waals surface area (Å²) in [5, 5.41) is 7.39. The molecule has 2 aromatic rings. The third-order valence-corrected chi connectivity index (χ3v) is 5.54. The first-order chi connectivity index (χ1) is 13.0. The SMILES string of the molecule is CC1=C(c2ccccc2)N[C@H](NC(=O)CCCOc2ccc(Cl)cc2Cl)S1. The smallest absolute Gasteiger partial charge is 0.222 e. The van der Waals surface area contributed by atoms with Crippen LogP contribution in [-0.2, 0) is 4.79 Å². The van der Waals surface area contributed by atoms with Crippen molar-refractivity contribution in [1.82, 2.24) is 10.6 Å². The fourth-order valence-electron chi connectivity index (χ4n) is 2.68. The molecule has 2 N–H and O–H groups in total. The van der Waals surface area contributed by atoms with Crippen LogP contribution in [0.25, 0.3) is 5.70 Å². The van der Waals surface area contributed by atoms with E-state index in [1.807, 2.05) is 18.2 Å². The van der Waals surface area contributed by atoms with Gasteiger partial charge in [0.05, 0.1) is 17.3 Å². The van der Waals surface area contributed by atoms with E-state index in [9.17, 15) is 4.79 Å². The second-order valence-corrected chi connectivity index (χ2v) is 8.20. The first-order valence-corrected chi connectivity index (χ1v) is 10.2. The molecule has 7 heteroatoms. The Bertz CT molecular complexity index is 843. The molecule has 1 atom stereocenters. The Balaban J connectivity index is 1.40. The van der Waals surface area contributed by atoms with Crippen LogP contribution in [0.2, 0.25) is 10.0 Å². The lowest BCUT2D eigenvalue weighted by Gasteiger charge is -2.15. The van der Waals surface area contributed by atoms with Gasteiger partial charge in [-0.2, -0.15) is 0 Å². The van der Waals surface area contributed by atoms with Crippen molar-refractivity contribution in [2.45, 2.75) is 25.3 Å². The number of benzene rings is 2. The lowest BCUT2D eigenvalue weighted by atomic mass is 10.1. The molecule has 1 aliphatic rings. The predicted molar refractivity (Wildman–Crippen MR) is 113 cm³/mol. The van der Waals surface area contributed by atoms with Crippen LogP contribution in [0.3, 0.4) is 0 Å². The first kappa shape index (κ1) is 19.9. The third-order valence-electron chi connectivity index (χ3n) is 3.98. The largest absolute Gasteiger partial charge is 0.492 e. The Kier molecular flexibility index (Phi) is 6.94. The average Bonchev–Trinajstić information content (AvgIpc) is 3.01. The van der Waals surface area contributed by atoms with Gasteiger partial charge in [0.1, 0.15) is 5.75 Å². The molecule has 142 valence electrons. The van der Waals surface area contributed by atoms with Crippen molar-refractivity contribution < 1.29 is 9.53 Å². The van der Waals surface area contributed by atoms with Crippen LogP contribution in [0.5, 0.6) is 5.75 Å². The molecule has 0 fully saturated rings. The average molecular weight is 423 g/mol. The number of halogens is 2. The highest BCUT2D eigenvalue weighted by atomic mass is 35.5. The van der Waals surface area contributed by atoms with E-state index < -0.39 is 0 Å². The number of ether oxygens (including phenoxy) is 1. The summed E-state index contributed by atoms with van der Waals surface area (Å²) in [6, 6.07) is 15.2. The molecule has 0 aromatic heterocycles. The molecular weight excluding hydrogens is 403 g/mol. The lowest BCUT2D eigenvalue weighted by Crippen LogP contribution is -2.39. The summed E-state index contributed by atoms with van der Waals surface area (Å²) < 4.78 is 5.60. The van der Waals surface area contributed by atoms with Gasteiger partial charge in [-0.05, 0) is 37.1 Å². The van der Waals surface area contributed by atoms with Gasteiger partial charge in [0.2, 0.25) is 5.91 Å². The van der Waals surface area contributed by atoms with E-state index in [2.05, 4.69) is 29.7 Å². The fourth-order valence-corrected chi connectivity index (χ4v) is 4.16. The summed E-state index contributed by atoms with van der Waals surface area (Å²) in [6.45, 7) is 2.46. The summed E-state index contributed by atoms with van der Waals surface area (Å²) in [7, 11) is 0. The van der Waals surface area contributed by atoms with E-state index in [0.29, 0.717) is 35.2 Å². The van der Waals surface area contributed by atoms with Crippen LogP contribution in [0.15, 0.2) is 53.4 Å². The zero-order valence-electron chi connectivity index (χ0n) is 14.8. The van der Waals surface area contributed by atoms with E-state index in [1.165, 1.54) is 0 Å². The van der Waals surface area contributed by atoms with E-state index >= 15 is 0 Å². The minimum atomic E-state index is -0.153. The van der Waals surface area contributed by atoms with Crippen molar-refractivity contribution in [2.24, 2.45) is 0 Å². The summed E-state index contributed by atoms with van der Waals surface area (Å²) in [5.41, 5.74) is 2.03. The maximum atomic E-state index is 12.2. The Hall–Kier alpha value is -1.82. The van der Waals surface area contributed by atoms with Gasteiger partial charge in [-0.3, -0.25) is 4.79 Å². The third kappa shape index (κ3) is 5.58. The lowest BCUT2D eigenvalue weighted by molar-refractivity contribution is -0.121. The molecule has 1 aliphatic heterocycles. The van der Waals surface area contributed by atoms with Gasteiger partial charge < -0.3 is 15.4 Å². The van der Waals surface area contributed by atoms with Crippen LogP contribution in [0, 0.1) is 0 Å². The summed E-state index contributed by atoms with van der Waals surface area (Å²) >= 11 is 13.5. The van der Waals surface area contributed by atoms with E-state index in [1.54, 1.807) is 30.0 Å². The van der Waals surface area contributed by atoms with Crippen molar-refractivity contribution >= 4 is 46.6 Å². The number of hydrogen-bond acceptors (Lipinski definition) is 4. The first-order valence-electron chi connectivity index (χ1n) is 8.59. The van der Waals surface area contributed by atoms with Gasteiger partial charge in [-0.15, -0.1) is 0 Å². The van der Waals surface area contributed by atoms with Gasteiger partial charge in [-0.1, -0.05) is 65.3 Å². The molecule has 2 aromatic carbocycles. The number of hydrogen-bond donors (Lipinski definition) is 2. The molecule has 1 amide bonds. The maximum Gasteiger partial charge on any atom is 0.222 e. The molecule has 1 heterocycles. The predicted octanol–water partition coefficient (Wildman–Crippen LogP) is 5.28. The number of rotatable bonds is 7. The van der Waals surface area contributed by atoms with Gasteiger partial charge in [0.15, 0.2) is 5.50 Å². The monoisotopic (exact) mass is 422 g/mol. The van der Waals surface area contributed by atoms with E-state index in [4.69, 9.17) is 27.9 Å². The zero-order chi connectivity index (χ0) is 19.2. The summed E-state index contributed by atoms with van der Waals surface area (Å²) in [4.78, 5) is 13.3. The zero-order valence-corrected chi connectivity index (χ0v) is 17.1. The Morgan fingerprint density at radius 1 is 1.22 bits per heavy atom. The molecule has 3 rings (SSSR count). The van der Waals surface area contributed by atoms with Crippen LogP contribution in [-0.4, -0.2) is 18.0 Å². The minimum absolute atomic E-state index is 0.0204. The Morgan fingerprint density at radius 3 is 2.74 bits per heavy atom. The Morgan fingerprint density at radius 2 is 2.00 bits per heavy atom. The molecule has 0 aliphatic carbocycles. The van der Waals surface area contributed by atoms with Crippen LogP contribution in [0.4, 0.5) is 0 Å². The normalized spacial score (nSPS) is 16.2. The summed E-state index contributed by atoms with van der Waals surface area (Å²) in [5.74, 6) is 0.551. The number of thioether (sulfide) groups is 1. The number of nitrogens with one attached hydrogen (secondary N) is 2. The molecule has 0 saturated heterocycles. The van der Waals surface area contributed by atoms with Gasteiger partial charge in [0, 0.05) is 16.3 Å². The molecule has 0 bridgehead atoms. The molecular formula is C20H20Cl2N2O2S. The quantitative estimate of drug-likeness (QED) is 0.596. The number of amides is 1. The fraction of sp³-hybridized carbons (Fsp3) is 0.250. The molecule has 0 radical (unpaired) electrons. The number of carbonyl (C=O) groups is 1. The molecule has 4 nitrogen and oxygen atoms in total. The van der Waals surface area contributed by atoms with E-state index in [-0.39, 0.29) is 11.4 Å². The number of allylic oxidation sites excluding steroid dienone is 1. The second-order valence-electron chi connectivity index (χ2n) is 6.03.